The molecule has 3 heteroatoms. The van der Waals surface area contributed by atoms with Gasteiger partial charge in [-0.1, -0.05) is 53.5 Å². The zero-order valence-electron chi connectivity index (χ0n) is 11.0. The highest BCUT2D eigenvalue weighted by atomic mass is 35.5. The predicted octanol–water partition coefficient (Wildman–Crippen LogP) is 4.67. The lowest BCUT2D eigenvalue weighted by Gasteiger charge is -2.32. The minimum absolute atomic E-state index is 0.325. The Morgan fingerprint density at radius 1 is 1.00 bits per heavy atom. The maximum Gasteiger partial charge on any atom is 0.141 e. The summed E-state index contributed by atoms with van der Waals surface area (Å²) in [6.07, 6.45) is 0. The molecule has 0 aliphatic carbocycles. The van der Waals surface area contributed by atoms with E-state index in [1.54, 1.807) is 0 Å². The van der Waals surface area contributed by atoms with Crippen LogP contribution in [0.1, 0.15) is 22.7 Å². The van der Waals surface area contributed by atoms with Crippen LogP contribution in [0, 0.1) is 0 Å². The molecule has 1 unspecified atom stereocenters. The highest BCUT2D eigenvalue weighted by molar-refractivity contribution is 6.42. The SMILES string of the molecule is C[N+]1(C)Cc2ccccc2C1c1ccc(Cl)c(Cl)c1. The van der Waals surface area contributed by atoms with Crippen LogP contribution in [-0.4, -0.2) is 18.6 Å². The van der Waals surface area contributed by atoms with Crippen molar-refractivity contribution in [3.05, 3.63) is 69.2 Å². The molecule has 0 radical (unpaired) electrons. The molecule has 1 heterocycles. The normalized spacial score (nSPS) is 20.3. The summed E-state index contributed by atoms with van der Waals surface area (Å²) >= 11 is 12.2. The summed E-state index contributed by atoms with van der Waals surface area (Å²) in [6.45, 7) is 1.04. The van der Waals surface area contributed by atoms with E-state index in [0.29, 0.717) is 16.1 Å². The van der Waals surface area contributed by atoms with Crippen molar-refractivity contribution >= 4 is 23.2 Å². The molecular formula is C16H16Cl2N+. The number of hydrogen-bond donors (Lipinski definition) is 0. The van der Waals surface area contributed by atoms with Crippen molar-refractivity contribution < 1.29 is 4.48 Å². The van der Waals surface area contributed by atoms with E-state index in [2.05, 4.69) is 44.4 Å². The Bertz CT molecular complexity index is 634. The third-order valence-electron chi connectivity index (χ3n) is 3.89. The summed E-state index contributed by atoms with van der Waals surface area (Å²) in [5.41, 5.74) is 4.04. The van der Waals surface area contributed by atoms with E-state index >= 15 is 0 Å². The fraction of sp³-hybridized carbons (Fsp3) is 0.250. The average Bonchev–Trinajstić information content (AvgIpc) is 2.62. The van der Waals surface area contributed by atoms with Crippen molar-refractivity contribution in [3.8, 4) is 0 Å². The molecule has 1 atom stereocenters. The number of nitrogens with zero attached hydrogens (tertiary/aromatic N) is 1. The number of halogens is 2. The second-order valence-electron chi connectivity index (χ2n) is 5.71. The van der Waals surface area contributed by atoms with Crippen molar-refractivity contribution in [2.75, 3.05) is 14.1 Å². The van der Waals surface area contributed by atoms with Gasteiger partial charge in [-0.2, -0.15) is 0 Å². The van der Waals surface area contributed by atoms with Crippen LogP contribution < -0.4 is 0 Å². The first-order valence-electron chi connectivity index (χ1n) is 6.34. The Balaban J connectivity index is 2.14. The maximum absolute atomic E-state index is 6.17. The molecule has 98 valence electrons. The predicted molar refractivity (Wildman–Crippen MR) is 80.6 cm³/mol. The topological polar surface area (TPSA) is 0 Å². The summed E-state index contributed by atoms with van der Waals surface area (Å²) in [5.74, 6) is 0. The van der Waals surface area contributed by atoms with Crippen LogP contribution in [-0.2, 0) is 6.54 Å². The standard InChI is InChI=1S/C16H16Cl2N/c1-19(2)10-12-5-3-4-6-13(12)16(19)11-7-8-14(17)15(18)9-11/h3-9,16H,10H2,1-2H3/q+1. The smallest absolute Gasteiger partial charge is 0.141 e. The van der Waals surface area contributed by atoms with Gasteiger partial charge in [0.25, 0.3) is 0 Å². The van der Waals surface area contributed by atoms with Crippen molar-refractivity contribution in [2.45, 2.75) is 12.6 Å². The molecule has 1 nitrogen and oxygen atoms in total. The van der Waals surface area contributed by atoms with E-state index in [9.17, 15) is 0 Å². The minimum atomic E-state index is 0.325. The van der Waals surface area contributed by atoms with Crippen molar-refractivity contribution in [1.82, 2.24) is 0 Å². The monoisotopic (exact) mass is 292 g/mol. The van der Waals surface area contributed by atoms with Crippen molar-refractivity contribution in [3.63, 3.8) is 0 Å². The van der Waals surface area contributed by atoms with Crippen LogP contribution in [0.3, 0.4) is 0 Å². The Kier molecular flexibility index (Phi) is 3.09. The van der Waals surface area contributed by atoms with E-state index < -0.39 is 0 Å². The largest absolute Gasteiger partial charge is 0.315 e. The van der Waals surface area contributed by atoms with E-state index in [4.69, 9.17) is 23.2 Å². The molecule has 2 aromatic rings. The molecule has 0 amide bonds. The van der Waals surface area contributed by atoms with E-state index in [1.807, 2.05) is 12.1 Å². The average molecular weight is 293 g/mol. The lowest BCUT2D eigenvalue weighted by atomic mass is 9.97. The van der Waals surface area contributed by atoms with Crippen LogP contribution in [0.25, 0.3) is 0 Å². The molecule has 2 aromatic carbocycles. The number of hydrogen-bond acceptors (Lipinski definition) is 0. The quantitative estimate of drug-likeness (QED) is 0.670. The first kappa shape index (κ1) is 13.0. The molecule has 0 fully saturated rings. The Hall–Kier alpha value is -1.02. The maximum atomic E-state index is 6.17. The molecule has 1 aliphatic heterocycles. The van der Waals surface area contributed by atoms with Gasteiger partial charge in [-0.15, -0.1) is 0 Å². The van der Waals surface area contributed by atoms with Gasteiger partial charge in [-0.3, -0.25) is 0 Å². The van der Waals surface area contributed by atoms with Gasteiger partial charge in [0.2, 0.25) is 0 Å². The molecular weight excluding hydrogens is 277 g/mol. The highest BCUT2D eigenvalue weighted by Gasteiger charge is 2.39. The first-order chi connectivity index (χ1) is 8.99. The third-order valence-corrected chi connectivity index (χ3v) is 4.62. The van der Waals surface area contributed by atoms with Gasteiger partial charge < -0.3 is 4.48 Å². The second-order valence-corrected chi connectivity index (χ2v) is 6.53. The van der Waals surface area contributed by atoms with Gasteiger partial charge in [0.15, 0.2) is 0 Å². The fourth-order valence-corrected chi connectivity index (χ4v) is 3.42. The molecule has 1 aliphatic rings. The Morgan fingerprint density at radius 2 is 1.74 bits per heavy atom. The molecule has 0 aromatic heterocycles. The lowest BCUT2D eigenvalue weighted by Crippen LogP contribution is -2.37. The zero-order chi connectivity index (χ0) is 13.6. The van der Waals surface area contributed by atoms with Gasteiger partial charge in [-0.05, 0) is 12.1 Å². The molecule has 3 rings (SSSR count). The fourth-order valence-electron chi connectivity index (χ4n) is 3.12. The van der Waals surface area contributed by atoms with Crippen molar-refractivity contribution in [1.29, 1.82) is 0 Å². The summed E-state index contributed by atoms with van der Waals surface area (Å²) < 4.78 is 0.914. The molecule has 0 saturated carbocycles. The van der Waals surface area contributed by atoms with Crippen molar-refractivity contribution in [2.24, 2.45) is 0 Å². The summed E-state index contributed by atoms with van der Waals surface area (Å²) in [7, 11) is 4.51. The molecule has 0 spiro atoms. The molecule has 19 heavy (non-hydrogen) atoms. The number of quaternary nitrogens is 1. The minimum Gasteiger partial charge on any atom is -0.315 e. The van der Waals surface area contributed by atoms with E-state index in [0.717, 1.165) is 11.0 Å². The van der Waals surface area contributed by atoms with Crippen LogP contribution in [0.15, 0.2) is 42.5 Å². The second kappa shape index (κ2) is 4.52. The number of benzene rings is 2. The summed E-state index contributed by atoms with van der Waals surface area (Å²) in [6, 6.07) is 14.9. The van der Waals surface area contributed by atoms with E-state index in [-0.39, 0.29) is 0 Å². The number of rotatable bonds is 1. The number of fused-ring (bicyclic) bond motifs is 1. The van der Waals surface area contributed by atoms with Gasteiger partial charge in [0.05, 0.1) is 24.1 Å². The molecule has 0 bridgehead atoms. The van der Waals surface area contributed by atoms with Crippen LogP contribution in [0.2, 0.25) is 10.0 Å². The van der Waals surface area contributed by atoms with Gasteiger partial charge >= 0.3 is 0 Å². The molecule has 0 N–H and O–H groups in total. The van der Waals surface area contributed by atoms with Gasteiger partial charge in [0, 0.05) is 16.7 Å². The van der Waals surface area contributed by atoms with Crippen LogP contribution in [0.4, 0.5) is 0 Å². The zero-order valence-corrected chi connectivity index (χ0v) is 12.5. The summed E-state index contributed by atoms with van der Waals surface area (Å²) in [4.78, 5) is 0. The Morgan fingerprint density at radius 3 is 2.47 bits per heavy atom. The molecule has 0 saturated heterocycles. The summed E-state index contributed by atoms with van der Waals surface area (Å²) in [5, 5.41) is 1.24. The van der Waals surface area contributed by atoms with E-state index in [1.165, 1.54) is 16.7 Å². The van der Waals surface area contributed by atoms with Gasteiger partial charge in [0.1, 0.15) is 12.6 Å². The van der Waals surface area contributed by atoms with Crippen LogP contribution >= 0.6 is 23.2 Å². The lowest BCUT2D eigenvalue weighted by molar-refractivity contribution is -0.921. The Labute approximate surface area is 124 Å². The third kappa shape index (κ3) is 2.16. The highest BCUT2D eigenvalue weighted by Crippen LogP contribution is 2.43. The van der Waals surface area contributed by atoms with Gasteiger partial charge in [-0.25, -0.2) is 0 Å². The first-order valence-corrected chi connectivity index (χ1v) is 7.10. The van der Waals surface area contributed by atoms with Crippen LogP contribution in [0.5, 0.6) is 0 Å².